The number of hydrogen-bond acceptors (Lipinski definition) is 3. The summed E-state index contributed by atoms with van der Waals surface area (Å²) in [4.78, 5) is 11.6. The van der Waals surface area contributed by atoms with Gasteiger partial charge in [-0.3, -0.25) is 4.79 Å². The SMILES string of the molecule is Cc1ccc(NC(=O)CSC(C)(C)C)cc1O. The van der Waals surface area contributed by atoms with Crippen molar-refractivity contribution in [2.45, 2.75) is 32.4 Å². The summed E-state index contributed by atoms with van der Waals surface area (Å²) >= 11 is 1.59. The number of carbonyl (C=O) groups excluding carboxylic acids is 1. The van der Waals surface area contributed by atoms with Gasteiger partial charge in [0.25, 0.3) is 0 Å². The van der Waals surface area contributed by atoms with Gasteiger partial charge in [-0.15, -0.1) is 11.8 Å². The molecule has 0 heterocycles. The third-order valence-corrected chi connectivity index (χ3v) is 3.40. The van der Waals surface area contributed by atoms with Crippen LogP contribution in [0.2, 0.25) is 0 Å². The van der Waals surface area contributed by atoms with Crippen LogP contribution in [-0.4, -0.2) is 21.5 Å². The molecule has 17 heavy (non-hydrogen) atoms. The summed E-state index contributed by atoms with van der Waals surface area (Å²) in [6, 6.07) is 5.13. The second-order valence-corrected chi connectivity index (χ2v) is 6.75. The summed E-state index contributed by atoms with van der Waals surface area (Å²) in [6.45, 7) is 8.03. The molecule has 0 saturated carbocycles. The summed E-state index contributed by atoms with van der Waals surface area (Å²) in [6.07, 6.45) is 0. The first-order chi connectivity index (χ1) is 7.78. The van der Waals surface area contributed by atoms with Crippen molar-refractivity contribution in [3.05, 3.63) is 23.8 Å². The molecule has 0 radical (unpaired) electrons. The molecule has 0 fully saturated rings. The van der Waals surface area contributed by atoms with Gasteiger partial charge in [0.1, 0.15) is 5.75 Å². The van der Waals surface area contributed by atoms with Crippen molar-refractivity contribution in [3.63, 3.8) is 0 Å². The van der Waals surface area contributed by atoms with Crippen molar-refractivity contribution in [1.82, 2.24) is 0 Å². The summed E-state index contributed by atoms with van der Waals surface area (Å²) in [5, 5.41) is 12.3. The lowest BCUT2D eigenvalue weighted by Gasteiger charge is -2.17. The van der Waals surface area contributed by atoms with E-state index in [1.54, 1.807) is 30.0 Å². The molecule has 0 aromatic heterocycles. The van der Waals surface area contributed by atoms with Gasteiger partial charge in [0.2, 0.25) is 5.91 Å². The van der Waals surface area contributed by atoms with E-state index in [1.165, 1.54) is 0 Å². The van der Waals surface area contributed by atoms with Gasteiger partial charge in [-0.1, -0.05) is 26.8 Å². The minimum atomic E-state index is -0.0480. The fourth-order valence-corrected chi connectivity index (χ4v) is 1.80. The van der Waals surface area contributed by atoms with E-state index in [1.807, 2.05) is 6.92 Å². The molecular formula is C13H19NO2S. The number of phenols is 1. The maximum Gasteiger partial charge on any atom is 0.234 e. The normalized spacial score (nSPS) is 11.3. The Hall–Kier alpha value is -1.16. The van der Waals surface area contributed by atoms with E-state index in [4.69, 9.17) is 0 Å². The Morgan fingerprint density at radius 3 is 2.59 bits per heavy atom. The van der Waals surface area contributed by atoms with Gasteiger partial charge in [0.15, 0.2) is 0 Å². The molecule has 1 aromatic carbocycles. The van der Waals surface area contributed by atoms with Crippen molar-refractivity contribution in [1.29, 1.82) is 0 Å². The lowest BCUT2D eigenvalue weighted by Crippen LogP contribution is -2.18. The molecule has 2 N–H and O–H groups in total. The minimum absolute atomic E-state index is 0.0480. The lowest BCUT2D eigenvalue weighted by molar-refractivity contribution is -0.113. The Labute approximate surface area is 107 Å². The van der Waals surface area contributed by atoms with Crippen molar-refractivity contribution in [2.75, 3.05) is 11.1 Å². The van der Waals surface area contributed by atoms with Crippen LogP contribution in [0.3, 0.4) is 0 Å². The van der Waals surface area contributed by atoms with E-state index in [0.717, 1.165) is 5.56 Å². The average molecular weight is 253 g/mol. The van der Waals surface area contributed by atoms with E-state index in [-0.39, 0.29) is 16.4 Å². The summed E-state index contributed by atoms with van der Waals surface area (Å²) in [5.41, 5.74) is 1.43. The van der Waals surface area contributed by atoms with Crippen LogP contribution in [0.25, 0.3) is 0 Å². The first kappa shape index (κ1) is 13.9. The fourth-order valence-electron chi connectivity index (χ4n) is 1.17. The van der Waals surface area contributed by atoms with Crippen LogP contribution in [0.1, 0.15) is 26.3 Å². The molecular weight excluding hydrogens is 234 g/mol. The van der Waals surface area contributed by atoms with Crippen LogP contribution in [0.15, 0.2) is 18.2 Å². The molecule has 4 heteroatoms. The highest BCUT2D eigenvalue weighted by Crippen LogP contribution is 2.24. The van der Waals surface area contributed by atoms with E-state index in [2.05, 4.69) is 26.1 Å². The number of nitrogens with one attached hydrogen (secondary N) is 1. The van der Waals surface area contributed by atoms with Gasteiger partial charge in [-0.25, -0.2) is 0 Å². The Balaban J connectivity index is 2.54. The molecule has 1 aromatic rings. The van der Waals surface area contributed by atoms with E-state index < -0.39 is 0 Å². The minimum Gasteiger partial charge on any atom is -0.508 e. The van der Waals surface area contributed by atoms with Crippen LogP contribution in [0, 0.1) is 6.92 Å². The summed E-state index contributed by atoms with van der Waals surface area (Å²) in [5.74, 6) is 0.567. The topological polar surface area (TPSA) is 49.3 Å². The molecule has 94 valence electrons. The third-order valence-electron chi connectivity index (χ3n) is 2.13. The van der Waals surface area contributed by atoms with Crippen LogP contribution in [0.5, 0.6) is 5.75 Å². The fraction of sp³-hybridized carbons (Fsp3) is 0.462. The molecule has 0 atom stereocenters. The van der Waals surface area contributed by atoms with E-state index >= 15 is 0 Å². The number of aryl methyl sites for hydroxylation is 1. The highest BCUT2D eigenvalue weighted by molar-refractivity contribution is 8.01. The highest BCUT2D eigenvalue weighted by atomic mass is 32.2. The van der Waals surface area contributed by atoms with Crippen LogP contribution < -0.4 is 5.32 Å². The predicted octanol–water partition coefficient (Wildman–Crippen LogP) is 3.17. The highest BCUT2D eigenvalue weighted by Gasteiger charge is 2.13. The number of benzene rings is 1. The van der Waals surface area contributed by atoms with Gasteiger partial charge in [0, 0.05) is 16.5 Å². The summed E-state index contributed by atoms with van der Waals surface area (Å²) < 4.78 is 0.0761. The largest absolute Gasteiger partial charge is 0.508 e. The maximum atomic E-state index is 11.6. The van der Waals surface area contributed by atoms with Gasteiger partial charge in [-0.2, -0.15) is 0 Å². The number of carbonyl (C=O) groups is 1. The lowest BCUT2D eigenvalue weighted by atomic mass is 10.2. The van der Waals surface area contributed by atoms with E-state index in [9.17, 15) is 9.90 Å². The molecule has 1 amide bonds. The molecule has 0 unspecified atom stereocenters. The molecule has 0 spiro atoms. The predicted molar refractivity (Wildman–Crippen MR) is 73.7 cm³/mol. The first-order valence-electron chi connectivity index (χ1n) is 5.51. The number of aromatic hydroxyl groups is 1. The van der Waals surface area contributed by atoms with Crippen molar-refractivity contribution >= 4 is 23.4 Å². The number of amides is 1. The number of hydrogen-bond donors (Lipinski definition) is 2. The first-order valence-corrected chi connectivity index (χ1v) is 6.50. The second-order valence-electron chi connectivity index (χ2n) is 4.95. The van der Waals surface area contributed by atoms with Crippen molar-refractivity contribution < 1.29 is 9.90 Å². The van der Waals surface area contributed by atoms with Gasteiger partial charge in [-0.05, 0) is 18.6 Å². The maximum absolute atomic E-state index is 11.6. The number of anilines is 1. The molecule has 0 aliphatic carbocycles. The molecule has 3 nitrogen and oxygen atoms in total. The van der Waals surface area contributed by atoms with Crippen LogP contribution >= 0.6 is 11.8 Å². The monoisotopic (exact) mass is 253 g/mol. The van der Waals surface area contributed by atoms with Crippen molar-refractivity contribution in [3.8, 4) is 5.75 Å². The number of thioether (sulfide) groups is 1. The van der Waals surface area contributed by atoms with Crippen molar-refractivity contribution in [2.24, 2.45) is 0 Å². The Morgan fingerprint density at radius 2 is 2.06 bits per heavy atom. The van der Waals surface area contributed by atoms with Gasteiger partial charge >= 0.3 is 0 Å². The molecule has 0 saturated heterocycles. The smallest absolute Gasteiger partial charge is 0.234 e. The quantitative estimate of drug-likeness (QED) is 0.870. The molecule has 0 bridgehead atoms. The molecule has 1 rings (SSSR count). The van der Waals surface area contributed by atoms with Crippen LogP contribution in [-0.2, 0) is 4.79 Å². The molecule has 0 aliphatic rings. The summed E-state index contributed by atoms with van der Waals surface area (Å²) in [7, 11) is 0. The Bertz CT molecular complexity index is 410. The number of phenolic OH excluding ortho intramolecular Hbond substituents is 1. The Morgan fingerprint density at radius 1 is 1.41 bits per heavy atom. The standard InChI is InChI=1S/C13H19NO2S/c1-9-5-6-10(7-11(9)15)14-12(16)8-17-13(2,3)4/h5-7,15H,8H2,1-4H3,(H,14,16). The zero-order valence-corrected chi connectivity index (χ0v) is 11.5. The van der Waals surface area contributed by atoms with Gasteiger partial charge < -0.3 is 10.4 Å². The third kappa shape index (κ3) is 5.13. The second kappa shape index (κ2) is 5.45. The van der Waals surface area contributed by atoms with Gasteiger partial charge in [0.05, 0.1) is 5.75 Å². The average Bonchev–Trinajstić information content (AvgIpc) is 2.20. The number of rotatable bonds is 3. The zero-order chi connectivity index (χ0) is 13.1. The molecule has 0 aliphatic heterocycles. The Kier molecular flexibility index (Phi) is 4.46. The van der Waals surface area contributed by atoms with Crippen LogP contribution in [0.4, 0.5) is 5.69 Å². The zero-order valence-electron chi connectivity index (χ0n) is 10.7. The van der Waals surface area contributed by atoms with E-state index in [0.29, 0.717) is 11.4 Å².